The molecule has 28 heavy (non-hydrogen) atoms. The van der Waals surface area contributed by atoms with E-state index in [0.717, 1.165) is 27.0 Å². The Labute approximate surface area is 164 Å². The molecule has 0 N–H and O–H groups in total. The number of ether oxygens (including phenoxy) is 1. The lowest BCUT2D eigenvalue weighted by Crippen LogP contribution is -2.14. The standard InChI is InChI=1S/C21H16ClNO5/c22-16-8-3-7-15(13-16)18(23-27-20(24)21(25)28-23)11-12-26-19-10-4-6-14-5-1-2-9-17(14)19/h1-10,13,18H,11-12H2. The number of hydrogen-bond donors (Lipinski definition) is 0. The number of nitrogens with zero attached hydrogens (tertiary/aromatic N) is 1. The summed E-state index contributed by atoms with van der Waals surface area (Å²) in [6, 6.07) is 20.3. The SMILES string of the molecule is O=c1on(C(CCOc2cccc3ccccc23)c2cccc(Cl)c2)oc1=O. The summed E-state index contributed by atoms with van der Waals surface area (Å²) in [5, 5.41) is 2.60. The molecule has 4 rings (SSSR count). The molecule has 1 aromatic heterocycles. The highest BCUT2D eigenvalue weighted by Crippen LogP contribution is 2.27. The van der Waals surface area contributed by atoms with E-state index in [0.29, 0.717) is 18.1 Å². The van der Waals surface area contributed by atoms with E-state index in [2.05, 4.69) is 0 Å². The molecule has 0 aliphatic carbocycles. The Balaban J connectivity index is 1.59. The molecule has 0 aliphatic rings. The van der Waals surface area contributed by atoms with E-state index in [9.17, 15) is 9.59 Å². The van der Waals surface area contributed by atoms with Crippen LogP contribution in [0.5, 0.6) is 5.75 Å². The quantitative estimate of drug-likeness (QED) is 0.454. The fourth-order valence-electron chi connectivity index (χ4n) is 3.09. The van der Waals surface area contributed by atoms with Gasteiger partial charge in [-0.1, -0.05) is 65.0 Å². The molecule has 0 amide bonds. The number of rotatable bonds is 6. The molecule has 6 nitrogen and oxygen atoms in total. The highest BCUT2D eigenvalue weighted by atomic mass is 35.5. The van der Waals surface area contributed by atoms with E-state index in [1.807, 2.05) is 48.5 Å². The lowest BCUT2D eigenvalue weighted by Gasteiger charge is -2.16. The third-order valence-corrected chi connectivity index (χ3v) is 4.63. The maximum Gasteiger partial charge on any atom is 0.446 e. The van der Waals surface area contributed by atoms with E-state index in [1.54, 1.807) is 18.2 Å². The van der Waals surface area contributed by atoms with Crippen molar-refractivity contribution in [1.29, 1.82) is 0 Å². The molecule has 0 saturated heterocycles. The van der Waals surface area contributed by atoms with Crippen LogP contribution in [-0.2, 0) is 0 Å². The summed E-state index contributed by atoms with van der Waals surface area (Å²) in [4.78, 5) is 23.8. The van der Waals surface area contributed by atoms with Crippen LogP contribution >= 0.6 is 11.6 Å². The largest absolute Gasteiger partial charge is 0.493 e. The minimum atomic E-state index is -1.05. The molecule has 0 aliphatic heterocycles. The smallest absolute Gasteiger partial charge is 0.446 e. The summed E-state index contributed by atoms with van der Waals surface area (Å²) in [6.07, 6.45) is 0.393. The molecule has 1 heterocycles. The van der Waals surface area contributed by atoms with Crippen LogP contribution in [0, 0.1) is 0 Å². The topological polar surface area (TPSA) is 74.6 Å². The number of aromatic nitrogens is 1. The van der Waals surface area contributed by atoms with Crippen LogP contribution in [-0.4, -0.2) is 11.5 Å². The zero-order valence-electron chi connectivity index (χ0n) is 14.7. The Bertz CT molecular complexity index is 1190. The highest BCUT2D eigenvalue weighted by molar-refractivity contribution is 6.30. The van der Waals surface area contributed by atoms with Gasteiger partial charge in [0.05, 0.1) is 6.61 Å². The van der Waals surface area contributed by atoms with Crippen LogP contribution in [0.3, 0.4) is 0 Å². The van der Waals surface area contributed by atoms with Crippen LogP contribution < -0.4 is 16.0 Å². The maximum absolute atomic E-state index is 11.4. The van der Waals surface area contributed by atoms with E-state index < -0.39 is 17.3 Å². The zero-order chi connectivity index (χ0) is 19.5. The second-order valence-corrected chi connectivity index (χ2v) is 6.66. The minimum absolute atomic E-state index is 0.302. The first-order chi connectivity index (χ1) is 13.6. The fraction of sp³-hybridized carbons (Fsp3) is 0.143. The summed E-state index contributed by atoms with van der Waals surface area (Å²) in [6.45, 7) is 0.302. The van der Waals surface area contributed by atoms with Crippen molar-refractivity contribution in [2.24, 2.45) is 0 Å². The van der Waals surface area contributed by atoms with Gasteiger partial charge in [-0.15, -0.1) is 0 Å². The molecule has 0 fully saturated rings. The Morgan fingerprint density at radius 1 is 0.929 bits per heavy atom. The van der Waals surface area contributed by atoms with Crippen molar-refractivity contribution >= 4 is 22.4 Å². The van der Waals surface area contributed by atoms with E-state index in [-0.39, 0.29) is 0 Å². The molecular weight excluding hydrogens is 382 g/mol. The van der Waals surface area contributed by atoms with Gasteiger partial charge in [-0.2, -0.15) is 0 Å². The monoisotopic (exact) mass is 397 g/mol. The van der Waals surface area contributed by atoms with E-state index >= 15 is 0 Å². The number of halogens is 1. The van der Waals surface area contributed by atoms with Crippen LogP contribution in [0.25, 0.3) is 10.8 Å². The number of fused-ring (bicyclic) bond motifs is 1. The van der Waals surface area contributed by atoms with Gasteiger partial charge in [-0.25, -0.2) is 9.59 Å². The Morgan fingerprint density at radius 2 is 1.64 bits per heavy atom. The molecule has 142 valence electrons. The second-order valence-electron chi connectivity index (χ2n) is 6.23. The normalized spacial score (nSPS) is 12.2. The molecule has 1 atom stereocenters. The van der Waals surface area contributed by atoms with Crippen molar-refractivity contribution in [3.63, 3.8) is 0 Å². The third kappa shape index (κ3) is 3.73. The van der Waals surface area contributed by atoms with E-state index in [1.165, 1.54) is 0 Å². The molecule has 0 spiro atoms. The molecule has 3 aromatic carbocycles. The van der Waals surface area contributed by atoms with Crippen LogP contribution in [0.1, 0.15) is 18.0 Å². The van der Waals surface area contributed by atoms with Gasteiger partial charge in [0.1, 0.15) is 11.8 Å². The molecular formula is C21H16ClNO5. The predicted molar refractivity (Wildman–Crippen MR) is 105 cm³/mol. The number of hydrogen-bond acceptors (Lipinski definition) is 5. The van der Waals surface area contributed by atoms with Gasteiger partial charge < -0.3 is 4.74 Å². The Morgan fingerprint density at radius 3 is 2.43 bits per heavy atom. The van der Waals surface area contributed by atoms with Gasteiger partial charge in [0.25, 0.3) is 0 Å². The summed E-state index contributed by atoms with van der Waals surface area (Å²) < 4.78 is 15.8. The van der Waals surface area contributed by atoms with Crippen molar-refractivity contribution in [2.75, 3.05) is 6.61 Å². The minimum Gasteiger partial charge on any atom is -0.493 e. The number of benzene rings is 3. The van der Waals surface area contributed by atoms with Gasteiger partial charge >= 0.3 is 11.3 Å². The second kappa shape index (κ2) is 7.78. The predicted octanol–water partition coefficient (Wildman–Crippen LogP) is 4.26. The summed E-state index contributed by atoms with van der Waals surface area (Å²) in [5.74, 6) is 0.748. The molecule has 0 radical (unpaired) electrons. The maximum atomic E-state index is 11.4. The first-order valence-electron chi connectivity index (χ1n) is 8.71. The summed E-state index contributed by atoms with van der Waals surface area (Å²) >= 11 is 6.08. The first kappa shape index (κ1) is 18.1. The van der Waals surface area contributed by atoms with Crippen LogP contribution in [0.15, 0.2) is 85.4 Å². The van der Waals surface area contributed by atoms with E-state index in [4.69, 9.17) is 25.4 Å². The van der Waals surface area contributed by atoms with Gasteiger partial charge in [0.2, 0.25) is 0 Å². The van der Waals surface area contributed by atoms with Gasteiger partial charge in [0.15, 0.2) is 0 Å². The summed E-state index contributed by atoms with van der Waals surface area (Å²) in [5.41, 5.74) is -1.37. The van der Waals surface area contributed by atoms with Crippen LogP contribution in [0.2, 0.25) is 5.02 Å². The molecule has 7 heteroatoms. The molecule has 4 aromatic rings. The molecule has 0 saturated carbocycles. The zero-order valence-corrected chi connectivity index (χ0v) is 15.5. The lowest BCUT2D eigenvalue weighted by molar-refractivity contribution is 0.0449. The van der Waals surface area contributed by atoms with Gasteiger partial charge in [-0.05, 0) is 29.1 Å². The van der Waals surface area contributed by atoms with Crippen LogP contribution in [0.4, 0.5) is 0 Å². The van der Waals surface area contributed by atoms with Crippen molar-refractivity contribution in [3.8, 4) is 5.75 Å². The average Bonchev–Trinajstić information content (AvgIpc) is 3.03. The van der Waals surface area contributed by atoms with Crippen molar-refractivity contribution in [2.45, 2.75) is 12.5 Å². The van der Waals surface area contributed by atoms with Crippen molar-refractivity contribution < 1.29 is 13.8 Å². The fourth-order valence-corrected chi connectivity index (χ4v) is 3.29. The Hall–Kier alpha value is -3.25. The molecule has 1 unspecified atom stereocenters. The Kier molecular flexibility index (Phi) is 5.04. The van der Waals surface area contributed by atoms with Crippen molar-refractivity contribution in [3.05, 3.63) is 98.2 Å². The molecule has 0 bridgehead atoms. The average molecular weight is 398 g/mol. The first-order valence-corrected chi connectivity index (χ1v) is 9.09. The van der Waals surface area contributed by atoms with Gasteiger partial charge in [-0.3, -0.25) is 9.05 Å². The lowest BCUT2D eigenvalue weighted by atomic mass is 10.1. The van der Waals surface area contributed by atoms with Crippen molar-refractivity contribution in [1.82, 2.24) is 4.91 Å². The van der Waals surface area contributed by atoms with Gasteiger partial charge in [0, 0.05) is 16.8 Å². The summed E-state index contributed by atoms with van der Waals surface area (Å²) in [7, 11) is 0. The third-order valence-electron chi connectivity index (χ3n) is 4.40. The highest BCUT2D eigenvalue weighted by Gasteiger charge is 2.20.